The molecule has 6 aromatic rings. The fraction of sp³-hybridized carbons (Fsp3) is 0.0938. The highest BCUT2D eigenvalue weighted by Gasteiger charge is 2.21. The molecule has 12 heteroatoms. The van der Waals surface area contributed by atoms with Gasteiger partial charge in [0.1, 0.15) is 0 Å². The summed E-state index contributed by atoms with van der Waals surface area (Å²) in [6, 6.07) is 19.7. The molecule has 0 aromatic carbocycles. The van der Waals surface area contributed by atoms with Gasteiger partial charge in [-0.2, -0.15) is 0 Å². The molecule has 6 aromatic heterocycles. The summed E-state index contributed by atoms with van der Waals surface area (Å²) in [5.74, 6) is 0.385. The molecule has 0 unspecified atom stereocenters. The third-order valence-corrected chi connectivity index (χ3v) is 13.8. The highest BCUT2D eigenvalue weighted by molar-refractivity contribution is 7.30. The minimum Gasteiger partial charge on any atom is -0.481 e. The molecule has 0 aliphatic carbocycles. The van der Waals surface area contributed by atoms with Crippen molar-refractivity contribution in [2.75, 3.05) is 6.54 Å². The van der Waals surface area contributed by atoms with Crippen LogP contribution in [0.25, 0.3) is 48.8 Å². The van der Waals surface area contributed by atoms with Crippen molar-refractivity contribution in [2.24, 2.45) is 0 Å². The second-order valence-corrected chi connectivity index (χ2v) is 15.7. The molecule has 220 valence electrons. The lowest BCUT2D eigenvalue weighted by Crippen LogP contribution is -2.22. The van der Waals surface area contributed by atoms with Crippen LogP contribution in [-0.2, 0) is 22.4 Å². The van der Waals surface area contributed by atoms with Crippen molar-refractivity contribution in [1.82, 2.24) is 5.32 Å². The highest BCUT2D eigenvalue weighted by atomic mass is 32.1. The van der Waals surface area contributed by atoms with Crippen LogP contribution < -0.4 is 5.32 Å². The zero-order chi connectivity index (χ0) is 30.8. The summed E-state index contributed by atoms with van der Waals surface area (Å²) < 4.78 is 0. The van der Waals surface area contributed by atoms with Crippen LogP contribution in [0.3, 0.4) is 0 Å². The number of carbonyl (C=O) groups excluding carboxylic acids is 1. The summed E-state index contributed by atoms with van der Waals surface area (Å²) in [5.41, 5.74) is 1.53. The van der Waals surface area contributed by atoms with E-state index in [1.54, 1.807) is 51.4 Å². The van der Waals surface area contributed by atoms with Gasteiger partial charge in [-0.05, 0) is 71.1 Å². The van der Waals surface area contributed by atoms with Gasteiger partial charge in [-0.25, -0.2) is 0 Å². The van der Waals surface area contributed by atoms with Crippen LogP contribution in [0, 0.1) is 12.3 Å². The molecule has 44 heavy (non-hydrogen) atoms. The fourth-order valence-electron chi connectivity index (χ4n) is 4.52. The first-order valence-electron chi connectivity index (χ1n) is 13.0. The standard InChI is InChI=1S/C32H21NO5S6/c1-2-11-33-32(38)25-10-7-22(42-25)27-14-18(16-29(36)37)31(44-27)24-9-6-21(41-24)20-5-8-23(40-20)30-17(15-28(34)35)13-26(43-30)19-4-3-12-39-19/h1,3-10,12-14H,11,15-16H2,(H,33,38)(H,34,35)(H,36,37). The highest BCUT2D eigenvalue weighted by Crippen LogP contribution is 2.48. The van der Waals surface area contributed by atoms with Gasteiger partial charge in [0.25, 0.3) is 5.91 Å². The SMILES string of the molecule is C#CCNC(=O)c1ccc(-c2cc(CC(=O)O)c(-c3ccc(-c4ccc(-c5sc(-c6cccs6)cc5CC(=O)O)s4)s3)s2)s1. The van der Waals surface area contributed by atoms with Gasteiger partial charge in [-0.15, -0.1) is 74.4 Å². The third-order valence-electron chi connectivity index (χ3n) is 6.39. The van der Waals surface area contributed by atoms with Crippen molar-refractivity contribution in [3.05, 3.63) is 82.0 Å². The van der Waals surface area contributed by atoms with Crippen LogP contribution in [0.5, 0.6) is 0 Å². The van der Waals surface area contributed by atoms with Crippen LogP contribution in [0.2, 0.25) is 0 Å². The topological polar surface area (TPSA) is 104 Å². The summed E-state index contributed by atoms with van der Waals surface area (Å²) in [7, 11) is 0. The number of aliphatic carboxylic acids is 2. The molecule has 6 heterocycles. The molecule has 0 atom stereocenters. The fourth-order valence-corrected chi connectivity index (χ4v) is 11.1. The number of carbonyl (C=O) groups is 3. The van der Waals surface area contributed by atoms with Crippen molar-refractivity contribution in [2.45, 2.75) is 12.8 Å². The Labute approximate surface area is 276 Å². The Morgan fingerprint density at radius 2 is 1.18 bits per heavy atom. The van der Waals surface area contributed by atoms with Gasteiger partial charge in [0.2, 0.25) is 0 Å². The molecule has 1 amide bonds. The summed E-state index contributed by atoms with van der Waals surface area (Å²) in [6.07, 6.45) is 5.10. The van der Waals surface area contributed by atoms with Crippen LogP contribution in [-0.4, -0.2) is 34.6 Å². The zero-order valence-corrected chi connectivity index (χ0v) is 27.5. The Bertz CT molecular complexity index is 2030. The lowest BCUT2D eigenvalue weighted by atomic mass is 10.1. The number of nitrogens with one attached hydrogen (secondary N) is 1. The Hall–Kier alpha value is -3.83. The number of terminal acetylenes is 1. The number of carboxylic acids is 2. The monoisotopic (exact) mass is 691 g/mol. The van der Waals surface area contributed by atoms with E-state index in [9.17, 15) is 24.6 Å². The van der Waals surface area contributed by atoms with Crippen LogP contribution in [0.4, 0.5) is 0 Å². The van der Waals surface area contributed by atoms with E-state index < -0.39 is 11.9 Å². The molecule has 0 aliphatic rings. The van der Waals surface area contributed by atoms with E-state index in [-0.39, 0.29) is 25.3 Å². The lowest BCUT2D eigenvalue weighted by Gasteiger charge is -1.98. The molecule has 0 aliphatic heterocycles. The number of thiophene rings is 6. The minimum atomic E-state index is -0.911. The van der Waals surface area contributed by atoms with E-state index in [1.165, 1.54) is 22.7 Å². The Morgan fingerprint density at radius 1 is 0.659 bits per heavy atom. The first-order chi connectivity index (χ1) is 21.3. The zero-order valence-electron chi connectivity index (χ0n) is 22.6. The second-order valence-electron chi connectivity index (χ2n) is 9.43. The molecule has 0 radical (unpaired) electrons. The predicted octanol–water partition coefficient (Wildman–Crippen LogP) is 9.01. The first-order valence-corrected chi connectivity index (χ1v) is 18.0. The molecule has 0 saturated carbocycles. The smallest absolute Gasteiger partial charge is 0.307 e. The van der Waals surface area contributed by atoms with Gasteiger partial charge in [0, 0.05) is 48.8 Å². The number of hydrogen-bond acceptors (Lipinski definition) is 9. The maximum Gasteiger partial charge on any atom is 0.307 e. The third kappa shape index (κ3) is 6.49. The number of hydrogen-bond donors (Lipinski definition) is 3. The molecule has 0 spiro atoms. The maximum absolute atomic E-state index is 12.3. The van der Waals surface area contributed by atoms with Gasteiger partial charge in [-0.3, -0.25) is 14.4 Å². The van der Waals surface area contributed by atoms with Gasteiger partial charge < -0.3 is 15.5 Å². The van der Waals surface area contributed by atoms with E-state index in [0.717, 1.165) is 59.9 Å². The summed E-state index contributed by atoms with van der Waals surface area (Å²) in [6.45, 7) is 0.150. The maximum atomic E-state index is 12.3. The van der Waals surface area contributed by atoms with Crippen molar-refractivity contribution < 1.29 is 24.6 Å². The van der Waals surface area contributed by atoms with Gasteiger partial charge in [0.05, 0.1) is 24.3 Å². The van der Waals surface area contributed by atoms with Gasteiger partial charge in [-0.1, -0.05) is 12.0 Å². The predicted molar refractivity (Wildman–Crippen MR) is 185 cm³/mol. The Balaban J connectivity index is 1.30. The van der Waals surface area contributed by atoms with Crippen molar-refractivity contribution in [3.8, 4) is 61.1 Å². The molecule has 0 fully saturated rings. The Kier molecular flexibility index (Phi) is 8.95. The van der Waals surface area contributed by atoms with Gasteiger partial charge in [0.15, 0.2) is 0 Å². The Morgan fingerprint density at radius 3 is 1.70 bits per heavy atom. The minimum absolute atomic E-state index is 0.0397. The van der Waals surface area contributed by atoms with Crippen molar-refractivity contribution in [3.63, 3.8) is 0 Å². The molecular weight excluding hydrogens is 671 g/mol. The average Bonchev–Trinajstić information content (AvgIpc) is 3.81. The van der Waals surface area contributed by atoms with Crippen LogP contribution in [0.15, 0.2) is 66.0 Å². The van der Waals surface area contributed by atoms with E-state index in [1.807, 2.05) is 53.9 Å². The average molecular weight is 692 g/mol. The largest absolute Gasteiger partial charge is 0.481 e. The van der Waals surface area contributed by atoms with Crippen LogP contribution >= 0.6 is 68.0 Å². The van der Waals surface area contributed by atoms with Gasteiger partial charge >= 0.3 is 11.9 Å². The number of amides is 1. The normalized spacial score (nSPS) is 11.0. The first kappa shape index (κ1) is 30.2. The molecule has 0 bridgehead atoms. The molecular formula is C32H21NO5S6. The molecule has 6 nitrogen and oxygen atoms in total. The van der Waals surface area contributed by atoms with E-state index in [4.69, 9.17) is 6.42 Å². The summed E-state index contributed by atoms with van der Waals surface area (Å²) in [4.78, 5) is 46.1. The van der Waals surface area contributed by atoms with Crippen molar-refractivity contribution in [1.29, 1.82) is 0 Å². The van der Waals surface area contributed by atoms with E-state index in [2.05, 4.69) is 17.3 Å². The lowest BCUT2D eigenvalue weighted by molar-refractivity contribution is -0.137. The molecule has 3 N–H and O–H groups in total. The summed E-state index contributed by atoms with van der Waals surface area (Å²) in [5, 5.41) is 23.8. The van der Waals surface area contributed by atoms with Crippen molar-refractivity contribution >= 4 is 85.9 Å². The van der Waals surface area contributed by atoms with Crippen LogP contribution in [0.1, 0.15) is 20.8 Å². The number of carboxylic acid groups (broad SMARTS) is 2. The molecule has 0 saturated heterocycles. The summed E-state index contributed by atoms with van der Waals surface area (Å²) >= 11 is 9.31. The molecule has 6 rings (SSSR count). The second kappa shape index (κ2) is 13.0. The van der Waals surface area contributed by atoms with E-state index in [0.29, 0.717) is 4.88 Å². The number of rotatable bonds is 11. The van der Waals surface area contributed by atoms with E-state index >= 15 is 0 Å². The quantitative estimate of drug-likeness (QED) is 0.118.